The van der Waals surface area contributed by atoms with Crippen molar-refractivity contribution in [3.8, 4) is 0 Å². The van der Waals surface area contributed by atoms with Gasteiger partial charge in [-0.05, 0) is 40.7 Å². The number of aliphatic hydroxyl groups is 1. The molecule has 2 amide bonds. The summed E-state index contributed by atoms with van der Waals surface area (Å²) in [4.78, 5) is 41.8. The maximum Gasteiger partial charge on any atom is 0.327 e. The van der Waals surface area contributed by atoms with Crippen molar-refractivity contribution in [3.05, 3.63) is 101 Å². The Hall–Kier alpha value is -4.07. The van der Waals surface area contributed by atoms with E-state index in [0.29, 0.717) is 24.1 Å². The smallest absolute Gasteiger partial charge is 0.327 e. The lowest BCUT2D eigenvalue weighted by Gasteiger charge is -2.30. The van der Waals surface area contributed by atoms with E-state index in [1.807, 2.05) is 98.8 Å². The Morgan fingerprint density at radius 3 is 2.00 bits per heavy atom. The van der Waals surface area contributed by atoms with E-state index >= 15 is 0 Å². The van der Waals surface area contributed by atoms with E-state index in [2.05, 4.69) is 5.32 Å². The van der Waals surface area contributed by atoms with Gasteiger partial charge in [0.05, 0.1) is 24.1 Å². The minimum atomic E-state index is -1.98. The van der Waals surface area contributed by atoms with Crippen LogP contribution >= 0.6 is 0 Å². The average molecular weight is 525 g/mol. The molecule has 0 aliphatic carbocycles. The van der Waals surface area contributed by atoms with Crippen LogP contribution in [0.5, 0.6) is 0 Å². The van der Waals surface area contributed by atoms with Crippen LogP contribution in [0.25, 0.3) is 12.2 Å². The number of para-hydroxylation sites is 1. The van der Waals surface area contributed by atoms with E-state index in [1.54, 1.807) is 0 Å². The van der Waals surface area contributed by atoms with E-state index < -0.39 is 47.8 Å². The molecule has 2 saturated heterocycles. The van der Waals surface area contributed by atoms with Gasteiger partial charge in [0.2, 0.25) is 11.8 Å². The fourth-order valence-electron chi connectivity index (χ4n) is 5.99. The maximum atomic E-state index is 14.0. The molecule has 4 atom stereocenters. The van der Waals surface area contributed by atoms with Gasteiger partial charge in [0.1, 0.15) is 0 Å². The molecule has 200 valence electrons. The molecule has 2 aliphatic heterocycles. The number of hydrogen-bond donors (Lipinski definition) is 3. The van der Waals surface area contributed by atoms with Crippen LogP contribution in [0.3, 0.4) is 0 Å². The number of anilines is 1. The number of aryl methyl sites for hydroxylation is 2. The second kappa shape index (κ2) is 10.6. The number of fused-ring (bicyclic) bond motifs is 1. The van der Waals surface area contributed by atoms with Gasteiger partial charge in [0.15, 0.2) is 5.54 Å². The van der Waals surface area contributed by atoms with Gasteiger partial charge in [-0.15, -0.1) is 0 Å². The first-order valence-electron chi connectivity index (χ1n) is 13.3. The molecule has 0 aromatic heterocycles. The van der Waals surface area contributed by atoms with Crippen molar-refractivity contribution < 1.29 is 24.6 Å². The number of nitrogens with one attached hydrogen (secondary N) is 1. The van der Waals surface area contributed by atoms with Crippen molar-refractivity contribution in [2.24, 2.45) is 11.8 Å². The number of hydrogen-bond acceptors (Lipinski definition) is 5. The highest BCUT2D eigenvalue weighted by Gasteiger charge is 2.68. The fourth-order valence-corrected chi connectivity index (χ4v) is 5.99. The van der Waals surface area contributed by atoms with Crippen molar-refractivity contribution >= 4 is 35.6 Å². The summed E-state index contributed by atoms with van der Waals surface area (Å²) >= 11 is 0. The van der Waals surface area contributed by atoms with Crippen LogP contribution in [0.2, 0.25) is 0 Å². The zero-order chi connectivity index (χ0) is 27.7. The molecular weight excluding hydrogens is 492 g/mol. The fraction of sp³-hybridized carbons (Fsp3) is 0.281. The van der Waals surface area contributed by atoms with Crippen molar-refractivity contribution in [1.29, 1.82) is 0 Å². The number of imide groups is 1. The summed E-state index contributed by atoms with van der Waals surface area (Å²) in [6.45, 7) is 3.09. The van der Waals surface area contributed by atoms with Crippen LogP contribution in [0.15, 0.2) is 72.8 Å². The number of carboxylic acid groups (broad SMARTS) is 1. The first-order chi connectivity index (χ1) is 18.9. The van der Waals surface area contributed by atoms with Gasteiger partial charge in [-0.25, -0.2) is 4.90 Å². The quantitative estimate of drug-likeness (QED) is 0.301. The summed E-state index contributed by atoms with van der Waals surface area (Å²) in [6.07, 6.45) is 5.19. The van der Waals surface area contributed by atoms with E-state index in [1.165, 1.54) is 4.90 Å². The van der Waals surface area contributed by atoms with E-state index in [-0.39, 0.29) is 0 Å². The second-order valence-corrected chi connectivity index (χ2v) is 10.1. The zero-order valence-corrected chi connectivity index (χ0v) is 22.0. The molecule has 39 heavy (non-hydrogen) atoms. The molecule has 2 aliphatic rings. The lowest BCUT2D eigenvalue weighted by atomic mass is 9.79. The monoisotopic (exact) mass is 524 g/mol. The summed E-state index contributed by atoms with van der Waals surface area (Å²) < 4.78 is 0. The predicted molar refractivity (Wildman–Crippen MR) is 150 cm³/mol. The Morgan fingerprint density at radius 2 is 1.46 bits per heavy atom. The molecule has 5 rings (SSSR count). The number of carboxylic acids is 1. The van der Waals surface area contributed by atoms with Crippen LogP contribution in [-0.4, -0.2) is 40.1 Å². The second-order valence-electron chi connectivity index (χ2n) is 10.1. The van der Waals surface area contributed by atoms with Gasteiger partial charge in [0.25, 0.3) is 0 Å². The third-order valence-corrected chi connectivity index (χ3v) is 8.04. The first-order valence-corrected chi connectivity index (χ1v) is 13.3. The SMILES string of the molecule is CCc1cccc(CC)c1N1C(=O)C2C(c3ccc(C=Cc4ccccc4)cc3)NC(CO)(C(=O)O)C2C1=O. The van der Waals surface area contributed by atoms with E-state index in [0.717, 1.165) is 22.3 Å². The van der Waals surface area contributed by atoms with Crippen molar-refractivity contribution in [2.45, 2.75) is 38.3 Å². The number of aliphatic hydroxyl groups excluding tert-OH is 1. The van der Waals surface area contributed by atoms with E-state index in [9.17, 15) is 24.6 Å². The first kappa shape index (κ1) is 26.5. The number of rotatable bonds is 8. The Labute approximate surface area is 227 Å². The molecule has 0 spiro atoms. The third kappa shape index (κ3) is 4.37. The topological polar surface area (TPSA) is 107 Å². The lowest BCUT2D eigenvalue weighted by molar-refractivity contribution is -0.150. The number of benzene rings is 3. The van der Waals surface area contributed by atoms with Crippen LogP contribution < -0.4 is 10.2 Å². The van der Waals surface area contributed by atoms with Gasteiger partial charge in [-0.2, -0.15) is 0 Å². The molecule has 3 aromatic rings. The largest absolute Gasteiger partial charge is 0.480 e. The van der Waals surface area contributed by atoms with Crippen molar-refractivity contribution in [2.75, 3.05) is 11.5 Å². The Morgan fingerprint density at radius 1 is 0.872 bits per heavy atom. The molecule has 0 saturated carbocycles. The minimum absolute atomic E-state index is 0.442. The molecular formula is C32H32N2O5. The Bertz CT molecular complexity index is 1410. The number of aliphatic carboxylic acids is 1. The maximum absolute atomic E-state index is 14.0. The summed E-state index contributed by atoms with van der Waals surface area (Å²) in [5.41, 5.74) is 2.94. The molecule has 3 N–H and O–H groups in total. The van der Waals surface area contributed by atoms with Gasteiger partial charge < -0.3 is 10.2 Å². The summed E-state index contributed by atoms with van der Waals surface area (Å²) in [5, 5.41) is 23.6. The van der Waals surface area contributed by atoms with E-state index in [4.69, 9.17) is 0 Å². The predicted octanol–water partition coefficient (Wildman–Crippen LogP) is 4.25. The Balaban J connectivity index is 1.54. The molecule has 2 heterocycles. The van der Waals surface area contributed by atoms with Crippen molar-refractivity contribution in [1.82, 2.24) is 5.32 Å². The average Bonchev–Trinajstić information content (AvgIpc) is 3.45. The van der Waals surface area contributed by atoms with Gasteiger partial charge in [-0.1, -0.05) is 98.8 Å². The standard InChI is InChI=1S/C32H32N2O5/c1-3-22-11-8-12-23(4-2)28(22)34-29(36)25-26(30(34)37)32(19-35,31(38)39)33-27(25)24-17-15-21(16-18-24)14-13-20-9-6-5-7-10-20/h5-18,25-27,33,35H,3-4,19H2,1-2H3,(H,38,39). The highest BCUT2D eigenvalue weighted by atomic mass is 16.4. The molecule has 2 fully saturated rings. The molecule has 3 aromatic carbocycles. The summed E-state index contributed by atoms with van der Waals surface area (Å²) in [6, 6.07) is 22.3. The molecule has 4 unspecified atom stereocenters. The normalized spacial score (nSPS) is 24.5. The highest BCUT2D eigenvalue weighted by molar-refractivity contribution is 6.25. The van der Waals surface area contributed by atoms with Crippen LogP contribution in [-0.2, 0) is 27.2 Å². The van der Waals surface area contributed by atoms with Crippen LogP contribution in [0.1, 0.15) is 47.7 Å². The zero-order valence-electron chi connectivity index (χ0n) is 22.0. The highest BCUT2D eigenvalue weighted by Crippen LogP contribution is 2.50. The van der Waals surface area contributed by atoms with Gasteiger partial charge >= 0.3 is 5.97 Å². The van der Waals surface area contributed by atoms with Crippen molar-refractivity contribution in [3.63, 3.8) is 0 Å². The number of amides is 2. The third-order valence-electron chi connectivity index (χ3n) is 8.04. The minimum Gasteiger partial charge on any atom is -0.480 e. The molecule has 7 nitrogen and oxygen atoms in total. The Kier molecular flexibility index (Phi) is 7.21. The van der Waals surface area contributed by atoms with Crippen LogP contribution in [0, 0.1) is 11.8 Å². The lowest BCUT2D eigenvalue weighted by Crippen LogP contribution is -2.58. The summed E-state index contributed by atoms with van der Waals surface area (Å²) in [5.74, 6) is -4.60. The molecule has 0 bridgehead atoms. The molecule has 7 heteroatoms. The van der Waals surface area contributed by atoms with Crippen LogP contribution in [0.4, 0.5) is 5.69 Å². The number of carbonyl (C=O) groups excluding carboxylic acids is 2. The van der Waals surface area contributed by atoms with Gasteiger partial charge in [0, 0.05) is 6.04 Å². The summed E-state index contributed by atoms with van der Waals surface area (Å²) in [7, 11) is 0. The number of carbonyl (C=O) groups is 3. The number of nitrogens with zero attached hydrogens (tertiary/aromatic N) is 1. The van der Waals surface area contributed by atoms with Gasteiger partial charge in [-0.3, -0.25) is 19.7 Å². The molecule has 0 radical (unpaired) electrons.